The summed E-state index contributed by atoms with van der Waals surface area (Å²) in [7, 11) is 0. The van der Waals surface area contributed by atoms with Crippen LogP contribution in [-0.4, -0.2) is 0 Å². The Morgan fingerprint density at radius 2 is 1.39 bits per heavy atom. The van der Waals surface area contributed by atoms with E-state index in [9.17, 15) is 0 Å². The smallest absolute Gasteiger partial charge is 0.0673 e. The summed E-state index contributed by atoms with van der Waals surface area (Å²) in [5, 5.41) is 3.35. The van der Waals surface area contributed by atoms with Gasteiger partial charge in [0, 0.05) is 34.9 Å². The highest BCUT2D eigenvalue weighted by molar-refractivity contribution is 5.56. The van der Waals surface area contributed by atoms with Gasteiger partial charge < -0.3 is 28.3 Å². The van der Waals surface area contributed by atoms with E-state index in [0.29, 0.717) is 17.8 Å². The van der Waals surface area contributed by atoms with Gasteiger partial charge in [-0.2, -0.15) is 0 Å². The minimum atomic E-state index is -0.664. The van der Waals surface area contributed by atoms with Crippen LogP contribution in [0.5, 0.6) is 0 Å². The van der Waals surface area contributed by atoms with Crippen molar-refractivity contribution in [1.82, 2.24) is 0 Å². The number of benzene rings is 2. The van der Waals surface area contributed by atoms with Crippen LogP contribution >= 0.6 is 0 Å². The maximum atomic E-state index is 6.59. The largest absolute Gasteiger partial charge is 0.399 e. The van der Waals surface area contributed by atoms with Gasteiger partial charge in [0.1, 0.15) is 0 Å². The van der Waals surface area contributed by atoms with E-state index in [4.69, 9.17) is 22.9 Å². The fourth-order valence-electron chi connectivity index (χ4n) is 2.77. The van der Waals surface area contributed by atoms with Crippen molar-refractivity contribution in [3.63, 3.8) is 0 Å². The molecule has 9 N–H and O–H groups in total. The Morgan fingerprint density at radius 1 is 0.826 bits per heavy atom. The Labute approximate surface area is 135 Å². The van der Waals surface area contributed by atoms with Crippen molar-refractivity contribution in [1.29, 1.82) is 0 Å². The normalized spacial score (nSPS) is 20.6. The van der Waals surface area contributed by atoms with Gasteiger partial charge >= 0.3 is 0 Å². The minimum absolute atomic E-state index is 0.613. The quantitative estimate of drug-likeness (QED) is 0.558. The van der Waals surface area contributed by atoms with Crippen molar-refractivity contribution in [2.45, 2.75) is 12.0 Å². The lowest BCUT2D eigenvalue weighted by Gasteiger charge is -2.32. The second-order valence-electron chi connectivity index (χ2n) is 5.90. The molecular formula is C18H21N5. The van der Waals surface area contributed by atoms with E-state index in [1.54, 1.807) is 0 Å². The zero-order valence-corrected chi connectivity index (χ0v) is 12.8. The Morgan fingerprint density at radius 3 is 2.00 bits per heavy atom. The lowest BCUT2D eigenvalue weighted by molar-refractivity contribution is 0.545. The summed E-state index contributed by atoms with van der Waals surface area (Å²) in [6.45, 7) is 0. The van der Waals surface area contributed by atoms with Crippen molar-refractivity contribution in [3.05, 3.63) is 77.6 Å². The molecule has 0 amide bonds. The maximum absolute atomic E-state index is 6.59. The van der Waals surface area contributed by atoms with Crippen molar-refractivity contribution < 1.29 is 0 Å². The highest BCUT2D eigenvalue weighted by Gasteiger charge is 2.29. The van der Waals surface area contributed by atoms with Crippen LogP contribution in [0, 0.1) is 0 Å². The molecule has 1 atom stereocenters. The van der Waals surface area contributed by atoms with E-state index in [1.807, 2.05) is 60.7 Å². The second kappa shape index (κ2) is 5.70. The third-order valence-electron chi connectivity index (χ3n) is 3.91. The molecule has 0 radical (unpaired) electrons. The fraction of sp³-hybridized carbons (Fsp3) is 0.111. The van der Waals surface area contributed by atoms with Crippen LogP contribution in [0.15, 0.2) is 72.1 Å². The van der Waals surface area contributed by atoms with Crippen LogP contribution < -0.4 is 28.3 Å². The molecule has 23 heavy (non-hydrogen) atoms. The molecule has 1 aliphatic rings. The molecule has 3 rings (SSSR count). The second-order valence-corrected chi connectivity index (χ2v) is 5.90. The van der Waals surface area contributed by atoms with E-state index >= 15 is 0 Å². The summed E-state index contributed by atoms with van der Waals surface area (Å²) < 4.78 is 0. The van der Waals surface area contributed by atoms with Gasteiger partial charge in [0.2, 0.25) is 0 Å². The molecule has 0 fully saturated rings. The van der Waals surface area contributed by atoms with Crippen LogP contribution in [0.2, 0.25) is 0 Å². The molecule has 0 spiro atoms. The van der Waals surface area contributed by atoms with Crippen LogP contribution in [-0.2, 0) is 5.54 Å². The van der Waals surface area contributed by atoms with Crippen LogP contribution in [0.25, 0.3) is 0 Å². The Balaban J connectivity index is 1.85. The molecule has 0 aromatic heterocycles. The van der Waals surface area contributed by atoms with E-state index in [-0.39, 0.29) is 0 Å². The summed E-state index contributed by atoms with van der Waals surface area (Å²) in [6, 6.07) is 15.1. The molecule has 2 aromatic rings. The molecule has 0 saturated heterocycles. The summed E-state index contributed by atoms with van der Waals surface area (Å²) in [6.07, 6.45) is 4.40. The molecule has 5 nitrogen and oxygen atoms in total. The predicted octanol–water partition coefficient (Wildman–Crippen LogP) is 2.25. The number of anilines is 3. The Kier molecular flexibility index (Phi) is 3.72. The van der Waals surface area contributed by atoms with E-state index in [1.165, 1.54) is 0 Å². The average molecular weight is 307 g/mol. The van der Waals surface area contributed by atoms with Crippen LogP contribution in [0.3, 0.4) is 0 Å². The monoisotopic (exact) mass is 307 g/mol. The summed E-state index contributed by atoms with van der Waals surface area (Å²) in [4.78, 5) is 0. The molecule has 1 aliphatic carbocycles. The van der Waals surface area contributed by atoms with Crippen LogP contribution in [0.1, 0.15) is 12.0 Å². The van der Waals surface area contributed by atoms with Crippen molar-refractivity contribution in [2.24, 2.45) is 11.5 Å². The molecule has 118 valence electrons. The SMILES string of the molecule is NC1=CC(N)(c2ccc(N)cc2)CC(Nc2ccc(N)cc2)=C1. The molecule has 1 unspecified atom stereocenters. The summed E-state index contributed by atoms with van der Waals surface area (Å²) in [5.41, 5.74) is 28.4. The van der Waals surface area contributed by atoms with E-state index < -0.39 is 5.54 Å². The first-order valence-corrected chi connectivity index (χ1v) is 7.41. The first kappa shape index (κ1) is 15.0. The number of nitrogens with two attached hydrogens (primary N) is 4. The number of rotatable bonds is 3. The first-order valence-electron chi connectivity index (χ1n) is 7.41. The number of nitrogen functional groups attached to an aromatic ring is 2. The van der Waals surface area contributed by atoms with Gasteiger partial charge in [0.25, 0.3) is 0 Å². The highest BCUT2D eigenvalue weighted by Crippen LogP contribution is 2.33. The molecular weight excluding hydrogens is 286 g/mol. The molecule has 2 aromatic carbocycles. The van der Waals surface area contributed by atoms with E-state index in [2.05, 4.69) is 5.32 Å². The Bertz CT molecular complexity index is 759. The van der Waals surface area contributed by atoms with Gasteiger partial charge in [-0.3, -0.25) is 0 Å². The standard InChI is InChI=1S/C18H21N5/c19-13-3-1-12(2-4-13)18(22)10-15(21)9-17(11-18)23-16-7-5-14(20)6-8-16/h1-10,23H,11,19-22H2. The first-order chi connectivity index (χ1) is 10.9. The van der Waals surface area contributed by atoms with Crippen molar-refractivity contribution >= 4 is 17.1 Å². The van der Waals surface area contributed by atoms with Gasteiger partial charge in [-0.05, 0) is 54.1 Å². The summed E-state index contributed by atoms with van der Waals surface area (Å²) in [5.74, 6) is 0. The van der Waals surface area contributed by atoms with Gasteiger partial charge in [-0.25, -0.2) is 0 Å². The fourth-order valence-corrected chi connectivity index (χ4v) is 2.77. The Hall–Kier alpha value is -2.92. The zero-order chi connectivity index (χ0) is 16.4. The molecule has 0 heterocycles. The maximum Gasteiger partial charge on any atom is 0.0673 e. The van der Waals surface area contributed by atoms with Crippen molar-refractivity contribution in [3.8, 4) is 0 Å². The average Bonchev–Trinajstić information content (AvgIpc) is 2.49. The van der Waals surface area contributed by atoms with Gasteiger partial charge in [0.15, 0.2) is 0 Å². The third-order valence-corrected chi connectivity index (χ3v) is 3.91. The van der Waals surface area contributed by atoms with Crippen LogP contribution in [0.4, 0.5) is 17.1 Å². The minimum Gasteiger partial charge on any atom is -0.399 e. The summed E-state index contributed by atoms with van der Waals surface area (Å²) >= 11 is 0. The molecule has 5 heteroatoms. The number of hydrogen-bond acceptors (Lipinski definition) is 5. The van der Waals surface area contributed by atoms with Crippen molar-refractivity contribution in [2.75, 3.05) is 16.8 Å². The predicted molar refractivity (Wildman–Crippen MR) is 96.2 cm³/mol. The third kappa shape index (κ3) is 3.30. The van der Waals surface area contributed by atoms with Gasteiger partial charge in [-0.1, -0.05) is 12.1 Å². The lowest BCUT2D eigenvalue weighted by Crippen LogP contribution is -2.38. The molecule has 0 aliphatic heterocycles. The topological polar surface area (TPSA) is 116 Å². The molecule has 0 bridgehead atoms. The van der Waals surface area contributed by atoms with E-state index in [0.717, 1.165) is 22.6 Å². The zero-order valence-electron chi connectivity index (χ0n) is 12.8. The van der Waals surface area contributed by atoms with Gasteiger partial charge in [-0.15, -0.1) is 0 Å². The number of hydrogen-bond donors (Lipinski definition) is 5. The number of nitrogens with one attached hydrogen (secondary N) is 1. The van der Waals surface area contributed by atoms with Gasteiger partial charge in [0.05, 0.1) is 5.54 Å². The highest BCUT2D eigenvalue weighted by atomic mass is 14.9. The lowest BCUT2D eigenvalue weighted by atomic mass is 9.82. The number of allylic oxidation sites excluding steroid dienone is 1. The molecule has 0 saturated carbocycles.